The molecule has 0 saturated heterocycles. The monoisotopic (exact) mass is 407 g/mol. The van der Waals surface area contributed by atoms with Gasteiger partial charge in [-0.1, -0.05) is 25.1 Å². The highest BCUT2D eigenvalue weighted by molar-refractivity contribution is 14.1. The van der Waals surface area contributed by atoms with E-state index in [9.17, 15) is 9.90 Å². The average molecular weight is 407 g/mol. The van der Waals surface area contributed by atoms with Crippen LogP contribution in [0.4, 0.5) is 4.79 Å². The van der Waals surface area contributed by atoms with Crippen LogP contribution >= 0.6 is 22.6 Å². The molecule has 0 aliphatic heterocycles. The molecule has 0 aliphatic rings. The average Bonchev–Trinajstić information content (AvgIpc) is 2.45. The topological polar surface area (TPSA) is 59.0 Å². The van der Waals surface area contributed by atoms with E-state index < -0.39 is 12.3 Å². The van der Waals surface area contributed by atoms with Crippen molar-refractivity contribution >= 4 is 28.7 Å². The Kier molecular flexibility index (Phi) is 7.98. The maximum Gasteiger partial charge on any atom is 0.409 e. The Hall–Kier alpha value is -0.860. The van der Waals surface area contributed by atoms with Gasteiger partial charge in [-0.2, -0.15) is 0 Å². The summed E-state index contributed by atoms with van der Waals surface area (Å²) in [6, 6.07) is 7.80. The fourth-order valence-corrected chi connectivity index (χ4v) is 2.83. The minimum Gasteiger partial charge on any atom is -0.465 e. The molecule has 1 aromatic carbocycles. The Balaban J connectivity index is 2.84. The maximum absolute atomic E-state index is 11.6. The fraction of sp³-hybridized carbons (Fsp3) is 0.533. The lowest BCUT2D eigenvalue weighted by molar-refractivity contribution is -0.131. The summed E-state index contributed by atoms with van der Waals surface area (Å²) in [5.74, 6) is 0. The van der Waals surface area contributed by atoms with Crippen LogP contribution in [-0.4, -0.2) is 42.3 Å². The molecule has 0 bridgehead atoms. The molecule has 1 amide bonds. The highest BCUT2D eigenvalue weighted by atomic mass is 127. The molecule has 0 spiro atoms. The van der Waals surface area contributed by atoms with E-state index >= 15 is 0 Å². The van der Waals surface area contributed by atoms with Gasteiger partial charge in [0, 0.05) is 16.7 Å². The summed E-state index contributed by atoms with van der Waals surface area (Å²) in [5.41, 5.74) is 1.14. The van der Waals surface area contributed by atoms with Crippen molar-refractivity contribution < 1.29 is 19.4 Å². The van der Waals surface area contributed by atoms with Crippen molar-refractivity contribution in [2.24, 2.45) is 0 Å². The molecule has 1 aromatic rings. The zero-order valence-electron chi connectivity index (χ0n) is 12.6. The van der Waals surface area contributed by atoms with E-state index in [0.717, 1.165) is 9.13 Å². The molecular formula is C15H22INO4. The van der Waals surface area contributed by atoms with Crippen molar-refractivity contribution in [2.75, 3.05) is 13.9 Å². The van der Waals surface area contributed by atoms with Crippen molar-refractivity contribution in [3.8, 4) is 0 Å². The summed E-state index contributed by atoms with van der Waals surface area (Å²) < 4.78 is 11.5. The minimum absolute atomic E-state index is 0.0812. The normalized spacial score (nSPS) is 13.7. The number of hydrogen-bond donors (Lipinski definition) is 1. The lowest BCUT2D eigenvalue weighted by Gasteiger charge is -2.33. The first-order valence-electron chi connectivity index (χ1n) is 6.86. The number of carbonyl (C=O) groups is 1. The predicted molar refractivity (Wildman–Crippen MR) is 89.2 cm³/mol. The van der Waals surface area contributed by atoms with Gasteiger partial charge in [-0.25, -0.2) is 4.79 Å². The second kappa shape index (κ2) is 9.22. The van der Waals surface area contributed by atoms with Crippen LogP contribution in [0.15, 0.2) is 24.3 Å². The molecule has 2 atom stereocenters. The van der Waals surface area contributed by atoms with Crippen LogP contribution in [0.3, 0.4) is 0 Å². The predicted octanol–water partition coefficient (Wildman–Crippen LogP) is 3.56. The lowest BCUT2D eigenvalue weighted by atomic mass is 10.1. The molecule has 1 rings (SSSR count). The number of halogens is 1. The van der Waals surface area contributed by atoms with E-state index in [4.69, 9.17) is 9.47 Å². The molecule has 118 valence electrons. The van der Waals surface area contributed by atoms with Crippen molar-refractivity contribution in [1.82, 2.24) is 4.90 Å². The molecule has 0 saturated carbocycles. The molecule has 21 heavy (non-hydrogen) atoms. The molecule has 0 unspecified atom stereocenters. The zero-order valence-corrected chi connectivity index (χ0v) is 14.7. The Morgan fingerprint density at radius 1 is 1.43 bits per heavy atom. The first-order chi connectivity index (χ1) is 10.0. The number of methoxy groups -OCH3 is 1. The van der Waals surface area contributed by atoms with E-state index in [2.05, 4.69) is 22.6 Å². The lowest BCUT2D eigenvalue weighted by Crippen LogP contribution is -2.47. The largest absolute Gasteiger partial charge is 0.465 e. The van der Waals surface area contributed by atoms with Crippen molar-refractivity contribution in [1.29, 1.82) is 0 Å². The second-order valence-corrected chi connectivity index (χ2v) is 5.93. The Labute approximate surface area is 139 Å². The van der Waals surface area contributed by atoms with Gasteiger partial charge in [-0.3, -0.25) is 4.90 Å². The van der Waals surface area contributed by atoms with Gasteiger partial charge in [0.25, 0.3) is 0 Å². The first-order valence-corrected chi connectivity index (χ1v) is 7.94. The number of amides is 1. The van der Waals surface area contributed by atoms with E-state index in [1.54, 1.807) is 0 Å². The van der Waals surface area contributed by atoms with Gasteiger partial charge in [0.1, 0.15) is 13.0 Å². The van der Waals surface area contributed by atoms with Gasteiger partial charge in [0.15, 0.2) is 0 Å². The molecule has 0 aromatic heterocycles. The summed E-state index contributed by atoms with van der Waals surface area (Å²) >= 11 is 2.27. The van der Waals surface area contributed by atoms with E-state index in [0.29, 0.717) is 12.8 Å². The summed E-state index contributed by atoms with van der Waals surface area (Å²) in [5, 5.41) is 9.50. The minimum atomic E-state index is -0.976. The van der Waals surface area contributed by atoms with Gasteiger partial charge in [-0.05, 0) is 54.0 Å². The Morgan fingerprint density at radius 2 is 2.10 bits per heavy atom. The van der Waals surface area contributed by atoms with Gasteiger partial charge < -0.3 is 14.6 Å². The fourth-order valence-electron chi connectivity index (χ4n) is 2.22. The SMILES string of the molecule is CC[C@H](OCOC)N(C(=O)O)[C@@H](C)Cc1ccccc1I. The summed E-state index contributed by atoms with van der Waals surface area (Å²) in [6.07, 6.45) is -0.250. The van der Waals surface area contributed by atoms with Crippen LogP contribution < -0.4 is 0 Å². The van der Waals surface area contributed by atoms with E-state index in [-0.39, 0.29) is 12.8 Å². The van der Waals surface area contributed by atoms with Crippen LogP contribution in [-0.2, 0) is 15.9 Å². The number of rotatable bonds is 8. The highest BCUT2D eigenvalue weighted by Crippen LogP contribution is 2.19. The van der Waals surface area contributed by atoms with Crippen LogP contribution in [0.25, 0.3) is 0 Å². The molecule has 0 radical (unpaired) electrons. The number of carboxylic acid groups (broad SMARTS) is 1. The van der Waals surface area contributed by atoms with E-state index in [1.165, 1.54) is 12.0 Å². The number of ether oxygens (including phenoxy) is 2. The molecule has 0 aliphatic carbocycles. The van der Waals surface area contributed by atoms with Crippen molar-refractivity contribution in [3.05, 3.63) is 33.4 Å². The van der Waals surface area contributed by atoms with E-state index in [1.807, 2.05) is 38.1 Å². The van der Waals surface area contributed by atoms with Crippen molar-refractivity contribution in [2.45, 2.75) is 39.0 Å². The van der Waals surface area contributed by atoms with Crippen LogP contribution in [0.1, 0.15) is 25.8 Å². The summed E-state index contributed by atoms with van der Waals surface area (Å²) in [6.45, 7) is 3.88. The van der Waals surface area contributed by atoms with Gasteiger partial charge in [-0.15, -0.1) is 0 Å². The number of benzene rings is 1. The first kappa shape index (κ1) is 18.2. The van der Waals surface area contributed by atoms with Crippen LogP contribution in [0.2, 0.25) is 0 Å². The summed E-state index contributed by atoms with van der Waals surface area (Å²) in [7, 11) is 1.52. The standard InChI is InChI=1S/C15H22INO4/c1-4-14(21-10-20-3)17(15(18)19)11(2)9-12-7-5-6-8-13(12)16/h5-8,11,14H,4,9-10H2,1-3H3,(H,18,19)/t11-,14-/m0/s1. The molecule has 1 N–H and O–H groups in total. The third-order valence-electron chi connectivity index (χ3n) is 3.21. The van der Waals surface area contributed by atoms with Crippen LogP contribution in [0, 0.1) is 3.57 Å². The zero-order chi connectivity index (χ0) is 15.8. The maximum atomic E-state index is 11.6. The Bertz CT molecular complexity index is 455. The molecule has 5 nitrogen and oxygen atoms in total. The number of hydrogen-bond acceptors (Lipinski definition) is 3. The number of nitrogens with zero attached hydrogens (tertiary/aromatic N) is 1. The van der Waals surface area contributed by atoms with Crippen molar-refractivity contribution in [3.63, 3.8) is 0 Å². The molecule has 0 fully saturated rings. The smallest absolute Gasteiger partial charge is 0.409 e. The quantitative estimate of drug-likeness (QED) is 0.529. The molecule has 0 heterocycles. The Morgan fingerprint density at radius 3 is 2.62 bits per heavy atom. The van der Waals surface area contributed by atoms with Gasteiger partial charge in [0.05, 0.1) is 0 Å². The third kappa shape index (κ3) is 5.44. The second-order valence-electron chi connectivity index (χ2n) is 4.77. The molecule has 6 heteroatoms. The van der Waals surface area contributed by atoms with Gasteiger partial charge >= 0.3 is 6.09 Å². The van der Waals surface area contributed by atoms with Gasteiger partial charge in [0.2, 0.25) is 0 Å². The van der Waals surface area contributed by atoms with Crippen LogP contribution in [0.5, 0.6) is 0 Å². The summed E-state index contributed by atoms with van der Waals surface area (Å²) in [4.78, 5) is 12.9. The highest BCUT2D eigenvalue weighted by Gasteiger charge is 2.28. The third-order valence-corrected chi connectivity index (χ3v) is 4.26. The molecular weight excluding hydrogens is 385 g/mol.